The second-order valence-electron chi connectivity index (χ2n) is 6.50. The minimum Gasteiger partial charge on any atom is -0.419 e. The van der Waals surface area contributed by atoms with Crippen molar-refractivity contribution in [3.8, 4) is 11.5 Å². The van der Waals surface area contributed by atoms with Crippen molar-refractivity contribution in [2.75, 3.05) is 19.7 Å². The number of rotatable bonds is 4. The van der Waals surface area contributed by atoms with Crippen molar-refractivity contribution in [1.29, 1.82) is 0 Å². The fourth-order valence-corrected chi connectivity index (χ4v) is 2.79. The predicted molar refractivity (Wildman–Crippen MR) is 86.4 cm³/mol. The lowest BCUT2D eigenvalue weighted by molar-refractivity contribution is -0.384. The number of hydrogen-bond donors (Lipinski definition) is 0. The summed E-state index contributed by atoms with van der Waals surface area (Å²) >= 11 is 0. The fourth-order valence-electron chi connectivity index (χ4n) is 2.79. The van der Waals surface area contributed by atoms with E-state index in [9.17, 15) is 10.1 Å². The summed E-state index contributed by atoms with van der Waals surface area (Å²) < 4.78 is 11.5. The van der Waals surface area contributed by atoms with Crippen molar-refractivity contribution in [3.05, 3.63) is 40.3 Å². The van der Waals surface area contributed by atoms with Crippen molar-refractivity contribution < 1.29 is 14.1 Å². The quantitative estimate of drug-likeness (QED) is 0.627. The summed E-state index contributed by atoms with van der Waals surface area (Å²) in [5, 5.41) is 18.9. The van der Waals surface area contributed by atoms with Crippen LogP contribution in [0.2, 0.25) is 0 Å². The molecule has 24 heavy (non-hydrogen) atoms. The van der Waals surface area contributed by atoms with Crippen LogP contribution in [0.1, 0.15) is 32.7 Å². The van der Waals surface area contributed by atoms with Gasteiger partial charge in [-0.2, -0.15) is 0 Å². The first-order valence-corrected chi connectivity index (χ1v) is 7.82. The molecular weight excluding hydrogens is 312 g/mol. The molecule has 0 N–H and O–H groups in total. The fraction of sp³-hybridized carbons (Fsp3) is 0.500. The molecule has 2 heterocycles. The Hall–Kier alpha value is -2.32. The van der Waals surface area contributed by atoms with Crippen LogP contribution in [0, 0.1) is 10.1 Å². The Morgan fingerprint density at radius 1 is 1.29 bits per heavy atom. The molecule has 2 aromatic rings. The Kier molecular flexibility index (Phi) is 4.33. The number of non-ortho nitro benzene ring substituents is 1. The van der Waals surface area contributed by atoms with Crippen LogP contribution in [0.3, 0.4) is 0 Å². The molecule has 1 aromatic carbocycles. The minimum absolute atomic E-state index is 0.0209. The molecular formula is C16H20N4O4. The molecule has 0 spiro atoms. The molecule has 1 aromatic heterocycles. The SMILES string of the molecule is CC(c1nnc(-c2ccc([N+](=O)[O-])cc2)o1)N1CCOC(C)(C)C1. The number of nitrogens with zero attached hydrogens (tertiary/aromatic N) is 4. The van der Waals surface area contributed by atoms with Crippen molar-refractivity contribution in [1.82, 2.24) is 15.1 Å². The first-order valence-electron chi connectivity index (χ1n) is 7.82. The number of morpholine rings is 1. The van der Waals surface area contributed by atoms with E-state index in [1.54, 1.807) is 12.1 Å². The molecule has 128 valence electrons. The average Bonchev–Trinajstić information content (AvgIpc) is 3.03. The van der Waals surface area contributed by atoms with Gasteiger partial charge in [0.05, 0.1) is 23.2 Å². The first-order chi connectivity index (χ1) is 11.4. The third kappa shape index (κ3) is 3.44. The van der Waals surface area contributed by atoms with E-state index in [1.807, 2.05) is 6.92 Å². The summed E-state index contributed by atoms with van der Waals surface area (Å²) in [5.41, 5.74) is 0.490. The molecule has 0 amide bonds. The molecule has 8 heteroatoms. The molecule has 1 aliphatic rings. The van der Waals surface area contributed by atoms with E-state index in [4.69, 9.17) is 9.15 Å². The lowest BCUT2D eigenvalue weighted by Gasteiger charge is -2.40. The second-order valence-corrected chi connectivity index (χ2v) is 6.50. The van der Waals surface area contributed by atoms with Crippen molar-refractivity contribution in [2.45, 2.75) is 32.4 Å². The van der Waals surface area contributed by atoms with Crippen LogP contribution in [-0.4, -0.2) is 45.3 Å². The molecule has 0 radical (unpaired) electrons. The zero-order valence-electron chi connectivity index (χ0n) is 13.9. The molecule has 1 unspecified atom stereocenters. The zero-order chi connectivity index (χ0) is 17.3. The Morgan fingerprint density at radius 2 is 2.00 bits per heavy atom. The van der Waals surface area contributed by atoms with Gasteiger partial charge in [-0.25, -0.2) is 0 Å². The van der Waals surface area contributed by atoms with Gasteiger partial charge in [0.15, 0.2) is 0 Å². The average molecular weight is 332 g/mol. The summed E-state index contributed by atoms with van der Waals surface area (Å²) in [5.74, 6) is 0.889. The number of hydrogen-bond acceptors (Lipinski definition) is 7. The Labute approximate surface area is 139 Å². The lowest BCUT2D eigenvalue weighted by Crippen LogP contribution is -2.49. The standard InChI is InChI=1S/C16H20N4O4/c1-11(19-8-9-23-16(2,3)10-19)14-17-18-15(24-14)12-4-6-13(7-5-12)20(21)22/h4-7,11H,8-10H2,1-3H3. The van der Waals surface area contributed by atoms with Crippen LogP contribution in [0.4, 0.5) is 5.69 Å². The van der Waals surface area contributed by atoms with Crippen LogP contribution < -0.4 is 0 Å². The molecule has 0 aliphatic carbocycles. The van der Waals surface area contributed by atoms with Gasteiger partial charge in [-0.1, -0.05) is 0 Å². The third-order valence-electron chi connectivity index (χ3n) is 4.13. The maximum atomic E-state index is 10.7. The van der Waals surface area contributed by atoms with Crippen LogP contribution in [-0.2, 0) is 4.74 Å². The molecule has 8 nitrogen and oxygen atoms in total. The van der Waals surface area contributed by atoms with Crippen LogP contribution >= 0.6 is 0 Å². The largest absolute Gasteiger partial charge is 0.419 e. The van der Waals surface area contributed by atoms with E-state index in [0.717, 1.165) is 13.1 Å². The summed E-state index contributed by atoms with van der Waals surface area (Å²) in [6, 6.07) is 6.04. The second kappa shape index (κ2) is 6.29. The summed E-state index contributed by atoms with van der Waals surface area (Å²) in [6.07, 6.45) is 0. The van der Waals surface area contributed by atoms with Gasteiger partial charge in [0.25, 0.3) is 5.69 Å². The van der Waals surface area contributed by atoms with Gasteiger partial charge in [0.2, 0.25) is 11.8 Å². The van der Waals surface area contributed by atoms with E-state index in [-0.39, 0.29) is 17.3 Å². The molecule has 1 fully saturated rings. The van der Waals surface area contributed by atoms with Crippen LogP contribution in [0.15, 0.2) is 28.7 Å². The van der Waals surface area contributed by atoms with E-state index in [1.165, 1.54) is 12.1 Å². The maximum absolute atomic E-state index is 10.7. The van der Waals surface area contributed by atoms with Crippen molar-refractivity contribution >= 4 is 5.69 Å². The van der Waals surface area contributed by atoms with Crippen molar-refractivity contribution in [3.63, 3.8) is 0 Å². The van der Waals surface area contributed by atoms with E-state index >= 15 is 0 Å². The highest BCUT2D eigenvalue weighted by Crippen LogP contribution is 2.28. The smallest absolute Gasteiger partial charge is 0.269 e. The van der Waals surface area contributed by atoms with Gasteiger partial charge in [-0.3, -0.25) is 15.0 Å². The predicted octanol–water partition coefficient (Wildman–Crippen LogP) is 2.82. The van der Waals surface area contributed by atoms with Crippen LogP contribution in [0.5, 0.6) is 0 Å². The number of aromatic nitrogens is 2. The zero-order valence-corrected chi connectivity index (χ0v) is 13.9. The Balaban J connectivity index is 1.76. The number of ether oxygens (including phenoxy) is 1. The van der Waals surface area contributed by atoms with Gasteiger partial charge in [-0.15, -0.1) is 10.2 Å². The van der Waals surface area contributed by atoms with Crippen molar-refractivity contribution in [2.24, 2.45) is 0 Å². The molecule has 0 saturated carbocycles. The van der Waals surface area contributed by atoms with Gasteiger partial charge >= 0.3 is 0 Å². The number of benzene rings is 1. The number of nitro groups is 1. The van der Waals surface area contributed by atoms with E-state index in [0.29, 0.717) is 24.0 Å². The maximum Gasteiger partial charge on any atom is 0.269 e. The Morgan fingerprint density at radius 3 is 2.62 bits per heavy atom. The summed E-state index contributed by atoms with van der Waals surface area (Å²) in [6.45, 7) is 8.39. The molecule has 0 bridgehead atoms. The summed E-state index contributed by atoms with van der Waals surface area (Å²) in [7, 11) is 0. The molecule has 3 rings (SSSR count). The minimum atomic E-state index is -0.439. The van der Waals surface area contributed by atoms with Gasteiger partial charge in [-0.05, 0) is 32.9 Å². The number of nitro benzene ring substituents is 1. The normalized spacial score (nSPS) is 19.1. The highest BCUT2D eigenvalue weighted by Gasteiger charge is 2.32. The van der Waals surface area contributed by atoms with E-state index in [2.05, 4.69) is 28.9 Å². The van der Waals surface area contributed by atoms with Gasteiger partial charge in [0.1, 0.15) is 0 Å². The molecule has 1 aliphatic heterocycles. The van der Waals surface area contributed by atoms with Crippen LogP contribution in [0.25, 0.3) is 11.5 Å². The first kappa shape index (κ1) is 16.5. The Bertz CT molecular complexity index is 726. The monoisotopic (exact) mass is 332 g/mol. The third-order valence-corrected chi connectivity index (χ3v) is 4.13. The van der Waals surface area contributed by atoms with E-state index < -0.39 is 4.92 Å². The highest BCUT2D eigenvalue weighted by molar-refractivity contribution is 5.55. The van der Waals surface area contributed by atoms with Gasteiger partial charge < -0.3 is 9.15 Å². The highest BCUT2D eigenvalue weighted by atomic mass is 16.6. The molecule has 1 atom stereocenters. The lowest BCUT2D eigenvalue weighted by atomic mass is 10.1. The van der Waals surface area contributed by atoms with Gasteiger partial charge in [0, 0.05) is 30.8 Å². The summed E-state index contributed by atoms with van der Waals surface area (Å²) in [4.78, 5) is 12.5. The topological polar surface area (TPSA) is 94.5 Å². The molecule has 1 saturated heterocycles.